The second-order valence-electron chi connectivity index (χ2n) is 7.24. The van der Waals surface area contributed by atoms with E-state index in [0.717, 1.165) is 12.8 Å². The van der Waals surface area contributed by atoms with Crippen LogP contribution in [0.5, 0.6) is 5.75 Å². The van der Waals surface area contributed by atoms with E-state index in [1.807, 2.05) is 0 Å². The van der Waals surface area contributed by atoms with Crippen LogP contribution in [0.1, 0.15) is 32.1 Å². The van der Waals surface area contributed by atoms with Crippen LogP contribution in [-0.4, -0.2) is 35.7 Å². The number of aliphatic hydroxyl groups excluding tert-OH is 1. The summed E-state index contributed by atoms with van der Waals surface area (Å²) >= 11 is 5.90. The number of esters is 1. The van der Waals surface area contributed by atoms with Crippen LogP contribution in [0.3, 0.4) is 0 Å². The largest absolute Gasteiger partial charge is 0.485 e. The summed E-state index contributed by atoms with van der Waals surface area (Å²) in [5.41, 5.74) is 0. The molecule has 28 heavy (non-hydrogen) atoms. The molecule has 0 saturated heterocycles. The zero-order valence-corrected chi connectivity index (χ0v) is 16.4. The van der Waals surface area contributed by atoms with Gasteiger partial charge < -0.3 is 14.6 Å². The maximum atomic E-state index is 12.2. The highest BCUT2D eigenvalue weighted by atomic mass is 35.5. The van der Waals surface area contributed by atoms with Crippen molar-refractivity contribution in [2.75, 3.05) is 6.61 Å². The molecule has 1 heterocycles. The van der Waals surface area contributed by atoms with Crippen LogP contribution in [-0.2, 0) is 14.3 Å². The van der Waals surface area contributed by atoms with Crippen molar-refractivity contribution in [1.29, 1.82) is 0 Å². The van der Waals surface area contributed by atoms with Crippen LogP contribution in [0.25, 0.3) is 0 Å². The van der Waals surface area contributed by atoms with E-state index in [2.05, 4.69) is 12.2 Å². The van der Waals surface area contributed by atoms with Gasteiger partial charge in [-0.05, 0) is 43.5 Å². The van der Waals surface area contributed by atoms with Gasteiger partial charge in [-0.15, -0.1) is 0 Å². The molecular weight excluding hydrogens is 380 g/mol. The van der Waals surface area contributed by atoms with Crippen molar-refractivity contribution in [3.63, 3.8) is 0 Å². The van der Waals surface area contributed by atoms with Gasteiger partial charge in [-0.1, -0.05) is 35.9 Å². The summed E-state index contributed by atoms with van der Waals surface area (Å²) in [7, 11) is 0. The van der Waals surface area contributed by atoms with E-state index in [1.54, 1.807) is 30.3 Å². The minimum atomic E-state index is -0.644. The first-order valence-electron chi connectivity index (χ1n) is 9.65. The third-order valence-electron chi connectivity index (χ3n) is 5.18. The molecule has 0 amide bonds. The highest BCUT2D eigenvalue weighted by Crippen LogP contribution is 2.38. The maximum Gasteiger partial charge on any atom is 0.306 e. The number of carbonyl (C=O) groups excluding carboxylic acids is 2. The first-order chi connectivity index (χ1) is 13.5. The highest BCUT2D eigenvalue weighted by Gasteiger charge is 2.42. The number of halogens is 1. The molecule has 1 N–H and O–H groups in total. The number of carbonyl (C=O) groups is 2. The molecule has 1 aromatic rings. The fraction of sp³-hybridized carbons (Fsp3) is 0.455. The Morgan fingerprint density at radius 2 is 2.21 bits per heavy atom. The molecule has 0 unspecified atom stereocenters. The molecule has 0 bridgehead atoms. The van der Waals surface area contributed by atoms with Crippen molar-refractivity contribution >= 4 is 23.4 Å². The number of fused-ring (bicyclic) bond motifs is 1. The van der Waals surface area contributed by atoms with Gasteiger partial charge >= 0.3 is 5.97 Å². The van der Waals surface area contributed by atoms with Gasteiger partial charge in [0.05, 0.1) is 6.10 Å². The van der Waals surface area contributed by atoms with Crippen molar-refractivity contribution in [2.24, 2.45) is 11.8 Å². The van der Waals surface area contributed by atoms with E-state index in [9.17, 15) is 14.7 Å². The molecule has 1 aliphatic heterocycles. The number of aliphatic hydroxyl groups is 1. The molecule has 6 heteroatoms. The van der Waals surface area contributed by atoms with Gasteiger partial charge in [0.15, 0.2) is 12.4 Å². The first kappa shape index (κ1) is 20.6. The molecule has 1 aromatic carbocycles. The maximum absolute atomic E-state index is 12.2. The predicted octanol–water partition coefficient (Wildman–Crippen LogP) is 3.88. The summed E-state index contributed by atoms with van der Waals surface area (Å²) in [6.45, 7) is -0.108. The van der Waals surface area contributed by atoms with Crippen molar-refractivity contribution in [3.8, 4) is 5.75 Å². The average Bonchev–Trinajstić information content (AvgIpc) is 2.95. The molecule has 0 aromatic heterocycles. The number of ketones is 1. The van der Waals surface area contributed by atoms with Crippen molar-refractivity contribution in [1.82, 2.24) is 0 Å². The topological polar surface area (TPSA) is 72.8 Å². The van der Waals surface area contributed by atoms with E-state index >= 15 is 0 Å². The number of benzene rings is 1. The summed E-state index contributed by atoms with van der Waals surface area (Å²) in [6, 6.07) is 6.86. The summed E-state index contributed by atoms with van der Waals surface area (Å²) in [6.07, 6.45) is 9.48. The lowest BCUT2D eigenvalue weighted by Gasteiger charge is -2.23. The monoisotopic (exact) mass is 404 g/mol. The van der Waals surface area contributed by atoms with E-state index < -0.39 is 6.10 Å². The number of rotatable bonds is 5. The Morgan fingerprint density at radius 1 is 1.36 bits per heavy atom. The van der Waals surface area contributed by atoms with Gasteiger partial charge in [-0.3, -0.25) is 9.59 Å². The Bertz CT molecular complexity index is 757. The summed E-state index contributed by atoms with van der Waals surface area (Å²) in [5, 5.41) is 11.0. The highest BCUT2D eigenvalue weighted by molar-refractivity contribution is 6.30. The van der Waals surface area contributed by atoms with Crippen LogP contribution in [0, 0.1) is 11.8 Å². The summed E-state index contributed by atoms with van der Waals surface area (Å²) < 4.78 is 11.0. The number of ether oxygens (including phenoxy) is 2. The van der Waals surface area contributed by atoms with E-state index in [1.165, 1.54) is 6.08 Å². The summed E-state index contributed by atoms with van der Waals surface area (Å²) in [5.74, 6) is -0.168. The van der Waals surface area contributed by atoms with Crippen LogP contribution in [0.15, 0.2) is 48.6 Å². The molecule has 1 fully saturated rings. The second-order valence-corrected chi connectivity index (χ2v) is 7.68. The third kappa shape index (κ3) is 5.69. The summed E-state index contributed by atoms with van der Waals surface area (Å²) in [4.78, 5) is 24.1. The minimum Gasteiger partial charge on any atom is -0.485 e. The molecule has 150 valence electrons. The quantitative estimate of drug-likeness (QED) is 0.458. The molecule has 0 radical (unpaired) electrons. The van der Waals surface area contributed by atoms with Crippen LogP contribution < -0.4 is 4.74 Å². The van der Waals surface area contributed by atoms with Gasteiger partial charge in [0, 0.05) is 29.7 Å². The van der Waals surface area contributed by atoms with E-state index in [-0.39, 0.29) is 36.3 Å². The molecule has 1 saturated carbocycles. The molecule has 1 aliphatic carbocycles. The standard InChI is InChI=1S/C22H25ClO5/c23-15-6-5-7-17(12-15)27-14-16(24)10-11-18-19-8-3-1-2-4-9-22(26)28-21(19)13-20(18)25/h1,3,5-7,10-12,18-21,25H,2,4,8-9,13-14H2/b3-1-,11-10+/t18-,19-,20-,21+/m1/s1. The Kier molecular flexibility index (Phi) is 7.29. The lowest BCUT2D eigenvalue weighted by Crippen LogP contribution is -2.25. The Hall–Kier alpha value is -2.11. The van der Waals surface area contributed by atoms with Gasteiger partial charge in [0.1, 0.15) is 11.9 Å². The van der Waals surface area contributed by atoms with Gasteiger partial charge in [0.25, 0.3) is 0 Å². The fourth-order valence-electron chi connectivity index (χ4n) is 3.76. The lowest BCUT2D eigenvalue weighted by molar-refractivity contribution is -0.151. The van der Waals surface area contributed by atoms with Gasteiger partial charge in [-0.25, -0.2) is 0 Å². The predicted molar refractivity (Wildman–Crippen MR) is 106 cm³/mol. The van der Waals surface area contributed by atoms with Crippen molar-refractivity contribution in [2.45, 2.75) is 44.3 Å². The lowest BCUT2D eigenvalue weighted by atomic mass is 9.89. The number of hydrogen-bond acceptors (Lipinski definition) is 5. The number of hydrogen-bond donors (Lipinski definition) is 1. The first-order valence-corrected chi connectivity index (χ1v) is 10.0. The Balaban J connectivity index is 1.61. The van der Waals surface area contributed by atoms with Gasteiger partial charge in [0.2, 0.25) is 0 Å². The number of allylic oxidation sites excluding steroid dienone is 2. The second kappa shape index (κ2) is 9.89. The van der Waals surface area contributed by atoms with Crippen LogP contribution in [0.2, 0.25) is 5.02 Å². The van der Waals surface area contributed by atoms with E-state index in [4.69, 9.17) is 21.1 Å². The molecular formula is C22H25ClO5. The van der Waals surface area contributed by atoms with E-state index in [0.29, 0.717) is 30.0 Å². The van der Waals surface area contributed by atoms with Crippen LogP contribution >= 0.6 is 11.6 Å². The zero-order valence-electron chi connectivity index (χ0n) is 15.6. The molecule has 2 aliphatic rings. The SMILES string of the molecule is O=C(/C=C/[C@@H]1[C@H]2C/C=C\CCCC(=O)O[C@H]2C[C@H]1O)COc1cccc(Cl)c1. The molecule has 5 nitrogen and oxygen atoms in total. The smallest absolute Gasteiger partial charge is 0.306 e. The van der Waals surface area contributed by atoms with Crippen LogP contribution in [0.4, 0.5) is 0 Å². The average molecular weight is 405 g/mol. The molecule has 0 spiro atoms. The Morgan fingerprint density at radius 3 is 3.04 bits per heavy atom. The van der Waals surface area contributed by atoms with Crippen molar-refractivity contribution < 1.29 is 24.2 Å². The Labute approximate surface area is 170 Å². The normalized spacial score (nSPS) is 29.1. The molecule has 4 atom stereocenters. The fourth-order valence-corrected chi connectivity index (χ4v) is 3.94. The minimum absolute atomic E-state index is 0.0359. The van der Waals surface area contributed by atoms with Crippen molar-refractivity contribution in [3.05, 3.63) is 53.6 Å². The van der Waals surface area contributed by atoms with Gasteiger partial charge in [-0.2, -0.15) is 0 Å². The molecule has 3 rings (SSSR count). The zero-order chi connectivity index (χ0) is 19.9. The third-order valence-corrected chi connectivity index (χ3v) is 5.42.